The van der Waals surface area contributed by atoms with Gasteiger partial charge in [0.15, 0.2) is 0 Å². The maximum atomic E-state index is 12.1. The Kier molecular flexibility index (Phi) is 4.58. The van der Waals surface area contributed by atoms with Crippen LogP contribution in [0.2, 0.25) is 0 Å². The van der Waals surface area contributed by atoms with Crippen molar-refractivity contribution in [3.8, 4) is 0 Å². The van der Waals surface area contributed by atoms with E-state index in [-0.39, 0.29) is 6.54 Å². The number of amides is 1. The summed E-state index contributed by atoms with van der Waals surface area (Å²) in [5, 5.41) is 0. The van der Waals surface area contributed by atoms with Gasteiger partial charge in [-0.1, -0.05) is 6.92 Å². The van der Waals surface area contributed by atoms with Gasteiger partial charge in [0.1, 0.15) is 6.54 Å². The molecule has 15 heavy (non-hydrogen) atoms. The van der Waals surface area contributed by atoms with Crippen molar-refractivity contribution in [2.24, 2.45) is 5.73 Å². The first-order valence-corrected chi connectivity index (χ1v) is 4.79. The number of nitrogens with zero attached hydrogens (tertiary/aromatic N) is 1. The Balaban J connectivity index is 4.63. The predicted molar refractivity (Wildman–Crippen MR) is 51.2 cm³/mol. The summed E-state index contributed by atoms with van der Waals surface area (Å²) in [6.45, 7) is 3.36. The molecule has 1 atom stereocenters. The molecule has 0 aromatic carbocycles. The van der Waals surface area contributed by atoms with Gasteiger partial charge in [-0.15, -0.1) is 0 Å². The van der Waals surface area contributed by atoms with E-state index in [1.165, 1.54) is 13.8 Å². The molecule has 0 radical (unpaired) electrons. The van der Waals surface area contributed by atoms with Crippen LogP contribution in [0.25, 0.3) is 0 Å². The van der Waals surface area contributed by atoms with Crippen LogP contribution in [0.3, 0.4) is 0 Å². The van der Waals surface area contributed by atoms with E-state index in [1.807, 2.05) is 0 Å². The smallest absolute Gasteiger partial charge is 0.332 e. The average Bonchev–Trinajstić information content (AvgIpc) is 2.11. The Bertz CT molecular complexity index is 226. The van der Waals surface area contributed by atoms with Gasteiger partial charge < -0.3 is 10.6 Å². The molecular formula is C9H17F3N2O. The van der Waals surface area contributed by atoms with E-state index in [0.29, 0.717) is 6.42 Å². The fourth-order valence-corrected chi connectivity index (χ4v) is 1.06. The highest BCUT2D eigenvalue weighted by atomic mass is 19.4. The highest BCUT2D eigenvalue weighted by Crippen LogP contribution is 2.19. The lowest BCUT2D eigenvalue weighted by atomic mass is 9.98. The Morgan fingerprint density at radius 1 is 1.33 bits per heavy atom. The van der Waals surface area contributed by atoms with Crippen LogP contribution in [0, 0.1) is 0 Å². The number of halogens is 3. The Hall–Kier alpha value is -0.780. The molecule has 3 nitrogen and oxygen atoms in total. The molecule has 0 spiro atoms. The lowest BCUT2D eigenvalue weighted by Crippen LogP contribution is -2.54. The second kappa shape index (κ2) is 4.83. The molecule has 0 heterocycles. The molecular weight excluding hydrogens is 209 g/mol. The van der Waals surface area contributed by atoms with Crippen molar-refractivity contribution in [1.82, 2.24) is 4.90 Å². The standard InChI is InChI=1S/C9H17F3N2O/c1-4-8(3,13)7(15)14(5-2)6-9(10,11)12/h4-6,13H2,1-3H3. The molecule has 0 aromatic heterocycles. The molecule has 0 aliphatic rings. The van der Waals surface area contributed by atoms with Gasteiger partial charge in [-0.05, 0) is 20.3 Å². The lowest BCUT2D eigenvalue weighted by Gasteiger charge is -2.30. The zero-order chi connectivity index (χ0) is 12.3. The van der Waals surface area contributed by atoms with Crippen molar-refractivity contribution in [3.05, 3.63) is 0 Å². The molecule has 1 unspecified atom stereocenters. The first-order chi connectivity index (χ1) is 6.64. The predicted octanol–water partition coefficient (Wildman–Crippen LogP) is 1.52. The summed E-state index contributed by atoms with van der Waals surface area (Å²) >= 11 is 0. The van der Waals surface area contributed by atoms with Crippen LogP contribution in [0.15, 0.2) is 0 Å². The van der Waals surface area contributed by atoms with Gasteiger partial charge in [-0.3, -0.25) is 4.79 Å². The normalized spacial score (nSPS) is 15.9. The number of alkyl halides is 3. The molecule has 0 saturated heterocycles. The van der Waals surface area contributed by atoms with Crippen molar-refractivity contribution >= 4 is 5.91 Å². The molecule has 0 fully saturated rings. The van der Waals surface area contributed by atoms with E-state index in [0.717, 1.165) is 4.90 Å². The molecule has 0 bridgehead atoms. The molecule has 0 aromatic rings. The molecule has 0 aliphatic carbocycles. The molecule has 0 rings (SSSR count). The molecule has 6 heteroatoms. The zero-order valence-corrected chi connectivity index (χ0v) is 9.19. The van der Waals surface area contributed by atoms with E-state index < -0.39 is 24.2 Å². The van der Waals surface area contributed by atoms with Crippen LogP contribution in [0.4, 0.5) is 13.2 Å². The van der Waals surface area contributed by atoms with Gasteiger partial charge in [0.2, 0.25) is 5.91 Å². The number of nitrogens with two attached hydrogens (primary N) is 1. The van der Waals surface area contributed by atoms with Crippen LogP contribution in [0.5, 0.6) is 0 Å². The molecule has 0 saturated carbocycles. The van der Waals surface area contributed by atoms with Crippen molar-refractivity contribution in [1.29, 1.82) is 0 Å². The third kappa shape index (κ3) is 4.51. The third-order valence-corrected chi connectivity index (χ3v) is 2.26. The topological polar surface area (TPSA) is 46.3 Å². The summed E-state index contributed by atoms with van der Waals surface area (Å²) < 4.78 is 36.3. The van der Waals surface area contributed by atoms with Crippen LogP contribution in [-0.4, -0.2) is 35.6 Å². The van der Waals surface area contributed by atoms with Gasteiger partial charge in [0.25, 0.3) is 0 Å². The first-order valence-electron chi connectivity index (χ1n) is 4.79. The van der Waals surface area contributed by atoms with Gasteiger partial charge in [-0.25, -0.2) is 0 Å². The minimum Gasteiger partial charge on any atom is -0.332 e. The quantitative estimate of drug-likeness (QED) is 0.790. The van der Waals surface area contributed by atoms with E-state index in [1.54, 1.807) is 6.92 Å². The van der Waals surface area contributed by atoms with Gasteiger partial charge in [0.05, 0.1) is 5.54 Å². The minimum absolute atomic E-state index is 0.00509. The summed E-state index contributed by atoms with van der Waals surface area (Å²) in [6.07, 6.45) is -4.07. The van der Waals surface area contributed by atoms with E-state index in [9.17, 15) is 18.0 Å². The highest BCUT2D eigenvalue weighted by molar-refractivity contribution is 5.85. The summed E-state index contributed by atoms with van der Waals surface area (Å²) in [5.74, 6) is -0.662. The Labute approximate surface area is 87.4 Å². The summed E-state index contributed by atoms with van der Waals surface area (Å²) in [7, 11) is 0. The monoisotopic (exact) mass is 226 g/mol. The second-order valence-electron chi connectivity index (χ2n) is 3.71. The summed E-state index contributed by atoms with van der Waals surface area (Å²) in [6, 6.07) is 0. The fourth-order valence-electron chi connectivity index (χ4n) is 1.06. The molecule has 1 amide bonds. The maximum absolute atomic E-state index is 12.1. The number of carbonyl (C=O) groups excluding carboxylic acids is 1. The van der Waals surface area contributed by atoms with E-state index in [4.69, 9.17) is 5.73 Å². The van der Waals surface area contributed by atoms with Gasteiger partial charge in [-0.2, -0.15) is 13.2 Å². The zero-order valence-electron chi connectivity index (χ0n) is 9.19. The minimum atomic E-state index is -4.38. The Morgan fingerprint density at radius 3 is 2.07 bits per heavy atom. The number of hydrogen-bond acceptors (Lipinski definition) is 2. The lowest BCUT2D eigenvalue weighted by molar-refractivity contribution is -0.163. The van der Waals surface area contributed by atoms with Crippen LogP contribution in [0.1, 0.15) is 27.2 Å². The largest absolute Gasteiger partial charge is 0.406 e. The maximum Gasteiger partial charge on any atom is 0.406 e. The van der Waals surface area contributed by atoms with Crippen molar-refractivity contribution in [2.45, 2.75) is 38.9 Å². The average molecular weight is 226 g/mol. The SMILES string of the molecule is CCN(CC(F)(F)F)C(=O)C(C)(N)CC. The number of likely N-dealkylation sites (N-methyl/N-ethyl adjacent to an activating group) is 1. The third-order valence-electron chi connectivity index (χ3n) is 2.26. The van der Waals surface area contributed by atoms with Gasteiger partial charge in [0, 0.05) is 6.54 Å². The summed E-state index contributed by atoms with van der Waals surface area (Å²) in [5.41, 5.74) is 4.38. The number of rotatable bonds is 4. The number of carbonyl (C=O) groups is 1. The number of hydrogen-bond donors (Lipinski definition) is 1. The van der Waals surface area contributed by atoms with Crippen LogP contribution >= 0.6 is 0 Å². The van der Waals surface area contributed by atoms with Crippen LogP contribution in [-0.2, 0) is 4.79 Å². The molecule has 90 valence electrons. The van der Waals surface area contributed by atoms with Gasteiger partial charge >= 0.3 is 6.18 Å². The molecule has 0 aliphatic heterocycles. The molecule has 2 N–H and O–H groups in total. The summed E-state index contributed by atoms with van der Waals surface area (Å²) in [4.78, 5) is 12.3. The highest BCUT2D eigenvalue weighted by Gasteiger charge is 2.37. The first kappa shape index (κ1) is 14.2. The Morgan fingerprint density at radius 2 is 1.80 bits per heavy atom. The van der Waals surface area contributed by atoms with Crippen molar-refractivity contribution in [2.75, 3.05) is 13.1 Å². The van der Waals surface area contributed by atoms with E-state index in [2.05, 4.69) is 0 Å². The van der Waals surface area contributed by atoms with Crippen LogP contribution < -0.4 is 5.73 Å². The van der Waals surface area contributed by atoms with E-state index >= 15 is 0 Å². The fraction of sp³-hybridized carbons (Fsp3) is 0.889. The van der Waals surface area contributed by atoms with Crippen molar-refractivity contribution in [3.63, 3.8) is 0 Å². The second-order valence-corrected chi connectivity index (χ2v) is 3.71. The van der Waals surface area contributed by atoms with Crippen molar-refractivity contribution < 1.29 is 18.0 Å².